The first-order valence-electron chi connectivity index (χ1n) is 7.97. The summed E-state index contributed by atoms with van der Waals surface area (Å²) in [5, 5.41) is 3.64. The molecule has 0 amide bonds. The molecule has 0 radical (unpaired) electrons. The summed E-state index contributed by atoms with van der Waals surface area (Å²) in [6, 6.07) is 0. The van der Waals surface area contributed by atoms with E-state index in [4.69, 9.17) is 0 Å². The predicted molar refractivity (Wildman–Crippen MR) is 79.7 cm³/mol. The van der Waals surface area contributed by atoms with Crippen molar-refractivity contribution < 1.29 is 0 Å². The average Bonchev–Trinajstić information content (AvgIpc) is 2.31. The van der Waals surface area contributed by atoms with Crippen molar-refractivity contribution in [2.24, 2.45) is 17.3 Å². The third kappa shape index (κ3) is 3.85. The minimum atomic E-state index is 0.530. The molecule has 18 heavy (non-hydrogen) atoms. The largest absolute Gasteiger partial charge is 0.316 e. The quantitative estimate of drug-likeness (QED) is 0.622. The van der Waals surface area contributed by atoms with Crippen molar-refractivity contribution in [3.63, 3.8) is 0 Å². The van der Waals surface area contributed by atoms with Crippen LogP contribution in [0.5, 0.6) is 0 Å². The van der Waals surface area contributed by atoms with Crippen LogP contribution in [0.4, 0.5) is 0 Å². The van der Waals surface area contributed by atoms with Crippen LogP contribution in [0.15, 0.2) is 12.2 Å². The Morgan fingerprint density at radius 2 is 2.06 bits per heavy atom. The average molecular weight is 249 g/mol. The van der Waals surface area contributed by atoms with Gasteiger partial charge in [0.25, 0.3) is 0 Å². The molecule has 3 unspecified atom stereocenters. The lowest BCUT2D eigenvalue weighted by Gasteiger charge is -2.40. The highest BCUT2D eigenvalue weighted by Gasteiger charge is 2.34. The van der Waals surface area contributed by atoms with Gasteiger partial charge in [0.05, 0.1) is 0 Å². The zero-order chi connectivity index (χ0) is 13.0. The van der Waals surface area contributed by atoms with Crippen LogP contribution in [0.3, 0.4) is 0 Å². The fourth-order valence-corrected chi connectivity index (χ4v) is 4.11. The fraction of sp³-hybridized carbons (Fsp3) is 0.882. The Bertz CT molecular complexity index is 283. The van der Waals surface area contributed by atoms with E-state index < -0.39 is 0 Å². The van der Waals surface area contributed by atoms with E-state index in [1.165, 1.54) is 64.5 Å². The molecule has 2 aliphatic heterocycles. The SMILES string of the molecule is C=C1CC2(C)CCC1CCCCCNCC(C)C2. The summed E-state index contributed by atoms with van der Waals surface area (Å²) in [6.45, 7) is 11.7. The summed E-state index contributed by atoms with van der Waals surface area (Å²) >= 11 is 0. The second-order valence-electron chi connectivity index (χ2n) is 7.24. The molecule has 1 heteroatoms. The Labute approximate surface area is 113 Å². The first-order chi connectivity index (χ1) is 8.59. The van der Waals surface area contributed by atoms with Gasteiger partial charge in [-0.2, -0.15) is 0 Å². The first-order valence-corrected chi connectivity index (χ1v) is 7.97. The van der Waals surface area contributed by atoms with E-state index in [2.05, 4.69) is 25.7 Å². The van der Waals surface area contributed by atoms with Crippen molar-refractivity contribution in [3.8, 4) is 0 Å². The van der Waals surface area contributed by atoms with Crippen LogP contribution >= 0.6 is 0 Å². The van der Waals surface area contributed by atoms with Crippen LogP contribution in [0.2, 0.25) is 0 Å². The van der Waals surface area contributed by atoms with Crippen LogP contribution in [0.1, 0.15) is 65.2 Å². The summed E-state index contributed by atoms with van der Waals surface area (Å²) in [5.74, 6) is 1.64. The maximum atomic E-state index is 4.40. The molecule has 2 bridgehead atoms. The summed E-state index contributed by atoms with van der Waals surface area (Å²) in [6.07, 6.45) is 11.0. The van der Waals surface area contributed by atoms with Crippen molar-refractivity contribution in [1.29, 1.82) is 0 Å². The summed E-state index contributed by atoms with van der Waals surface area (Å²) in [7, 11) is 0. The normalized spacial score (nSPS) is 39.8. The monoisotopic (exact) mass is 249 g/mol. The highest BCUT2D eigenvalue weighted by atomic mass is 14.8. The molecule has 1 saturated carbocycles. The topological polar surface area (TPSA) is 12.0 Å². The number of allylic oxidation sites excluding steroid dienone is 1. The molecule has 1 nitrogen and oxygen atoms in total. The Morgan fingerprint density at radius 3 is 2.83 bits per heavy atom. The lowest BCUT2D eigenvalue weighted by molar-refractivity contribution is 0.173. The van der Waals surface area contributed by atoms with E-state index in [-0.39, 0.29) is 0 Å². The third-order valence-electron chi connectivity index (χ3n) is 5.07. The van der Waals surface area contributed by atoms with Gasteiger partial charge >= 0.3 is 0 Å². The standard InChI is InChI=1S/C17H31N/c1-14-11-17(3)9-8-16(15(2)12-17)7-5-4-6-10-18-13-14/h14,16,18H,2,4-13H2,1,3H3. The van der Waals surface area contributed by atoms with Crippen LogP contribution < -0.4 is 5.32 Å². The molecule has 2 heterocycles. The number of fused-ring (bicyclic) bond motifs is 10. The molecule has 3 aliphatic rings. The van der Waals surface area contributed by atoms with Gasteiger partial charge in [-0.05, 0) is 68.9 Å². The van der Waals surface area contributed by atoms with E-state index in [0.29, 0.717) is 5.41 Å². The molecular weight excluding hydrogens is 218 g/mol. The molecule has 0 aromatic rings. The van der Waals surface area contributed by atoms with Gasteiger partial charge in [0, 0.05) is 0 Å². The maximum absolute atomic E-state index is 4.40. The Kier molecular flexibility index (Phi) is 4.89. The molecule has 3 fully saturated rings. The maximum Gasteiger partial charge on any atom is -0.00230 e. The van der Waals surface area contributed by atoms with Gasteiger partial charge in [-0.3, -0.25) is 0 Å². The summed E-state index contributed by atoms with van der Waals surface area (Å²) in [5.41, 5.74) is 2.09. The molecule has 0 aromatic carbocycles. The molecule has 104 valence electrons. The molecule has 3 atom stereocenters. The van der Waals surface area contributed by atoms with Gasteiger partial charge in [-0.15, -0.1) is 0 Å². The van der Waals surface area contributed by atoms with E-state index in [1.807, 2.05) is 0 Å². The van der Waals surface area contributed by atoms with Gasteiger partial charge in [0.15, 0.2) is 0 Å². The van der Waals surface area contributed by atoms with Crippen molar-refractivity contribution in [2.45, 2.75) is 65.2 Å². The van der Waals surface area contributed by atoms with Crippen molar-refractivity contribution >= 4 is 0 Å². The van der Waals surface area contributed by atoms with Crippen LogP contribution in [-0.2, 0) is 0 Å². The van der Waals surface area contributed by atoms with Crippen LogP contribution in [0.25, 0.3) is 0 Å². The number of nitrogens with one attached hydrogen (secondary N) is 1. The predicted octanol–water partition coefficient (Wildman–Crippen LogP) is 4.54. The zero-order valence-electron chi connectivity index (χ0n) is 12.4. The van der Waals surface area contributed by atoms with Gasteiger partial charge in [0.1, 0.15) is 0 Å². The number of hydrogen-bond donors (Lipinski definition) is 1. The minimum Gasteiger partial charge on any atom is -0.316 e. The van der Waals surface area contributed by atoms with Gasteiger partial charge in [-0.1, -0.05) is 38.8 Å². The lowest BCUT2D eigenvalue weighted by Crippen LogP contribution is -2.31. The summed E-state index contributed by atoms with van der Waals surface area (Å²) in [4.78, 5) is 0. The lowest BCUT2D eigenvalue weighted by atomic mass is 9.65. The number of hydrogen-bond acceptors (Lipinski definition) is 1. The Balaban J connectivity index is 2.01. The molecule has 1 N–H and O–H groups in total. The zero-order valence-corrected chi connectivity index (χ0v) is 12.4. The van der Waals surface area contributed by atoms with Crippen molar-refractivity contribution in [3.05, 3.63) is 12.2 Å². The highest BCUT2D eigenvalue weighted by molar-refractivity contribution is 5.09. The van der Waals surface area contributed by atoms with Gasteiger partial charge in [0.2, 0.25) is 0 Å². The van der Waals surface area contributed by atoms with E-state index in [9.17, 15) is 0 Å². The second kappa shape index (κ2) is 6.23. The molecule has 2 saturated heterocycles. The smallest absolute Gasteiger partial charge is 0.00230 e. The minimum absolute atomic E-state index is 0.530. The first kappa shape index (κ1) is 14.1. The summed E-state index contributed by atoms with van der Waals surface area (Å²) < 4.78 is 0. The highest BCUT2D eigenvalue weighted by Crippen LogP contribution is 2.46. The van der Waals surface area contributed by atoms with Gasteiger partial charge in [-0.25, -0.2) is 0 Å². The molecular formula is C17H31N. The Hall–Kier alpha value is -0.300. The van der Waals surface area contributed by atoms with E-state index >= 15 is 0 Å². The van der Waals surface area contributed by atoms with E-state index in [0.717, 1.165) is 11.8 Å². The van der Waals surface area contributed by atoms with Crippen molar-refractivity contribution in [1.82, 2.24) is 5.32 Å². The second-order valence-corrected chi connectivity index (χ2v) is 7.24. The van der Waals surface area contributed by atoms with Gasteiger partial charge < -0.3 is 5.32 Å². The van der Waals surface area contributed by atoms with Crippen molar-refractivity contribution in [2.75, 3.05) is 13.1 Å². The molecule has 0 aromatic heterocycles. The van der Waals surface area contributed by atoms with E-state index in [1.54, 1.807) is 5.57 Å². The molecule has 0 spiro atoms. The van der Waals surface area contributed by atoms with Crippen LogP contribution in [0, 0.1) is 17.3 Å². The fourth-order valence-electron chi connectivity index (χ4n) is 4.11. The van der Waals surface area contributed by atoms with Crippen LogP contribution in [-0.4, -0.2) is 13.1 Å². The Morgan fingerprint density at radius 1 is 1.22 bits per heavy atom. The molecule has 3 rings (SSSR count). The molecule has 1 aliphatic carbocycles. The third-order valence-corrected chi connectivity index (χ3v) is 5.07. The number of rotatable bonds is 0.